The van der Waals surface area contributed by atoms with Crippen LogP contribution < -0.4 is 4.72 Å². The summed E-state index contributed by atoms with van der Waals surface area (Å²) in [7, 11) is -3.82. The summed E-state index contributed by atoms with van der Waals surface area (Å²) in [4.78, 5) is 13.9. The lowest BCUT2D eigenvalue weighted by atomic mass is 9.81. The molecule has 0 aliphatic carbocycles. The molecule has 3 aromatic rings. The van der Waals surface area contributed by atoms with Gasteiger partial charge >= 0.3 is 0 Å². The third-order valence-corrected chi connectivity index (χ3v) is 7.80. The molecule has 0 saturated heterocycles. The molecule has 2 atom stereocenters. The summed E-state index contributed by atoms with van der Waals surface area (Å²) >= 11 is 6.01. The molecule has 8 heteroatoms. The third kappa shape index (κ3) is 3.16. The van der Waals surface area contributed by atoms with Gasteiger partial charge in [0.25, 0.3) is 5.91 Å². The van der Waals surface area contributed by atoms with Gasteiger partial charge in [-0.05, 0) is 42.3 Å². The van der Waals surface area contributed by atoms with Crippen molar-refractivity contribution in [2.24, 2.45) is 11.0 Å². The van der Waals surface area contributed by atoms with Gasteiger partial charge in [-0.25, -0.2) is 13.4 Å². The topological polar surface area (TPSA) is 78.8 Å². The summed E-state index contributed by atoms with van der Waals surface area (Å²) in [6, 6.07) is 22.8. The van der Waals surface area contributed by atoms with Gasteiger partial charge in [0.2, 0.25) is 10.0 Å². The van der Waals surface area contributed by atoms with Crippen molar-refractivity contribution in [3.63, 3.8) is 0 Å². The Kier molecular flexibility index (Phi) is 4.93. The van der Waals surface area contributed by atoms with E-state index in [0.29, 0.717) is 22.6 Å². The lowest BCUT2D eigenvalue weighted by Crippen LogP contribution is -2.60. The van der Waals surface area contributed by atoms with Crippen molar-refractivity contribution in [1.29, 1.82) is 0 Å². The second-order valence-corrected chi connectivity index (χ2v) is 10.1. The highest BCUT2D eigenvalue weighted by atomic mass is 35.5. The Bertz CT molecular complexity index is 1340. The van der Waals surface area contributed by atoms with Crippen molar-refractivity contribution in [1.82, 2.24) is 9.73 Å². The van der Waals surface area contributed by atoms with Crippen LogP contribution in [0.15, 0.2) is 88.9 Å². The first-order chi connectivity index (χ1) is 15.3. The number of fused-ring (bicyclic) bond motifs is 2. The van der Waals surface area contributed by atoms with E-state index < -0.39 is 21.6 Å². The number of benzene rings is 3. The minimum Gasteiger partial charge on any atom is -0.267 e. The van der Waals surface area contributed by atoms with Crippen molar-refractivity contribution in [2.45, 2.75) is 23.9 Å². The minimum atomic E-state index is -3.82. The van der Waals surface area contributed by atoms with E-state index >= 15 is 0 Å². The zero-order valence-corrected chi connectivity index (χ0v) is 18.8. The van der Waals surface area contributed by atoms with Crippen LogP contribution in [-0.4, -0.2) is 25.0 Å². The van der Waals surface area contributed by atoms with Crippen molar-refractivity contribution in [2.75, 3.05) is 0 Å². The number of rotatable bonds is 2. The van der Waals surface area contributed by atoms with Crippen molar-refractivity contribution in [3.8, 4) is 0 Å². The first-order valence-electron chi connectivity index (χ1n) is 10.2. The van der Waals surface area contributed by atoms with Gasteiger partial charge in [0.05, 0.1) is 10.6 Å². The Morgan fingerprint density at radius 2 is 1.69 bits per heavy atom. The van der Waals surface area contributed by atoms with Crippen LogP contribution in [0.25, 0.3) is 0 Å². The standard InChI is InChI=1S/C24H20ClN3O3S/c1-16-15-21(17-7-3-2-4-8-17)26-28(23(29)18-11-13-19(25)14-12-18)24(16)20-9-5-6-10-22(20)32(30,31)27-24/h2-14,16,27H,15H2,1H3/t16-,24-/m0/s1. The average molecular weight is 466 g/mol. The number of hydrogen-bond donors (Lipinski definition) is 1. The Morgan fingerprint density at radius 1 is 1.03 bits per heavy atom. The molecule has 3 aromatic carbocycles. The van der Waals surface area contributed by atoms with Crippen LogP contribution in [-0.2, 0) is 15.7 Å². The van der Waals surface area contributed by atoms with E-state index in [-0.39, 0.29) is 10.8 Å². The summed E-state index contributed by atoms with van der Waals surface area (Å²) in [6.45, 7) is 1.93. The van der Waals surface area contributed by atoms with Gasteiger partial charge in [-0.3, -0.25) is 4.79 Å². The molecule has 0 radical (unpaired) electrons. The normalized spacial score (nSPS) is 23.6. The largest absolute Gasteiger partial charge is 0.276 e. The van der Waals surface area contributed by atoms with Crippen molar-refractivity contribution in [3.05, 3.63) is 101 Å². The van der Waals surface area contributed by atoms with E-state index in [4.69, 9.17) is 16.7 Å². The molecule has 1 spiro atoms. The van der Waals surface area contributed by atoms with Gasteiger partial charge in [0.15, 0.2) is 5.66 Å². The van der Waals surface area contributed by atoms with E-state index in [2.05, 4.69) is 4.72 Å². The van der Waals surface area contributed by atoms with Crippen LogP contribution in [0.1, 0.15) is 34.8 Å². The molecule has 0 saturated carbocycles. The molecule has 0 fully saturated rings. The van der Waals surface area contributed by atoms with E-state index in [0.717, 1.165) is 11.3 Å². The second-order valence-electron chi connectivity index (χ2n) is 8.01. The highest BCUT2D eigenvalue weighted by Gasteiger charge is 2.57. The Balaban J connectivity index is 1.74. The third-order valence-electron chi connectivity index (χ3n) is 6.04. The van der Waals surface area contributed by atoms with E-state index in [1.807, 2.05) is 37.3 Å². The van der Waals surface area contributed by atoms with Crippen LogP contribution in [0.5, 0.6) is 0 Å². The number of hydrogen-bond acceptors (Lipinski definition) is 4. The monoisotopic (exact) mass is 465 g/mol. The van der Waals surface area contributed by atoms with Crippen LogP contribution >= 0.6 is 11.6 Å². The van der Waals surface area contributed by atoms with E-state index in [9.17, 15) is 13.2 Å². The van der Waals surface area contributed by atoms with Gasteiger partial charge in [0, 0.05) is 22.1 Å². The Labute approximate surface area is 191 Å². The van der Waals surface area contributed by atoms with Crippen LogP contribution in [0, 0.1) is 5.92 Å². The number of carbonyl (C=O) groups is 1. The first-order valence-corrected chi connectivity index (χ1v) is 12.1. The summed E-state index contributed by atoms with van der Waals surface area (Å²) < 4.78 is 28.9. The lowest BCUT2D eigenvalue weighted by molar-refractivity contribution is 0.0168. The Morgan fingerprint density at radius 3 is 2.41 bits per heavy atom. The number of sulfonamides is 1. The zero-order valence-electron chi connectivity index (χ0n) is 17.2. The number of carbonyl (C=O) groups excluding carboxylic acids is 1. The molecule has 6 nitrogen and oxygen atoms in total. The number of hydrazone groups is 1. The molecular formula is C24H20ClN3O3S. The highest BCUT2D eigenvalue weighted by molar-refractivity contribution is 7.89. The summed E-state index contributed by atoms with van der Waals surface area (Å²) in [6.07, 6.45) is 0.491. The van der Waals surface area contributed by atoms with Gasteiger partial charge in [-0.2, -0.15) is 9.82 Å². The quantitative estimate of drug-likeness (QED) is 0.610. The van der Waals surface area contributed by atoms with E-state index in [1.165, 1.54) is 5.01 Å². The average Bonchev–Trinajstić information content (AvgIpc) is 3.04. The van der Waals surface area contributed by atoms with Gasteiger partial charge < -0.3 is 0 Å². The molecule has 1 N–H and O–H groups in total. The molecule has 5 rings (SSSR count). The minimum absolute atomic E-state index is 0.166. The Hall–Kier alpha value is -3.00. The molecule has 2 aliphatic rings. The first kappa shape index (κ1) is 20.9. The fourth-order valence-corrected chi connectivity index (χ4v) is 6.28. The van der Waals surface area contributed by atoms with Crippen molar-refractivity contribution >= 4 is 33.2 Å². The zero-order chi connectivity index (χ0) is 22.5. The highest BCUT2D eigenvalue weighted by Crippen LogP contribution is 2.47. The van der Waals surface area contributed by atoms with Gasteiger partial charge in [0.1, 0.15) is 0 Å². The van der Waals surface area contributed by atoms with E-state index in [1.54, 1.807) is 48.5 Å². The number of nitrogens with zero attached hydrogens (tertiary/aromatic N) is 2. The maximum atomic E-state index is 13.8. The maximum absolute atomic E-state index is 13.8. The van der Waals surface area contributed by atoms with Crippen LogP contribution in [0.3, 0.4) is 0 Å². The molecule has 2 heterocycles. The van der Waals surface area contributed by atoms with Crippen LogP contribution in [0.4, 0.5) is 0 Å². The molecule has 0 unspecified atom stereocenters. The van der Waals surface area contributed by atoms with Gasteiger partial charge in [-0.1, -0.05) is 67.1 Å². The predicted octanol–water partition coefficient (Wildman–Crippen LogP) is 4.37. The second kappa shape index (κ2) is 7.55. The number of nitrogens with one attached hydrogen (secondary N) is 1. The molecule has 2 aliphatic heterocycles. The smallest absolute Gasteiger partial charge is 0.267 e. The molecule has 162 valence electrons. The maximum Gasteiger partial charge on any atom is 0.276 e. The van der Waals surface area contributed by atoms with Crippen LogP contribution in [0.2, 0.25) is 5.02 Å². The van der Waals surface area contributed by atoms with Gasteiger partial charge in [-0.15, -0.1) is 0 Å². The molecule has 0 aromatic heterocycles. The molecular weight excluding hydrogens is 446 g/mol. The summed E-state index contributed by atoms with van der Waals surface area (Å²) in [5, 5.41) is 6.55. The number of halogens is 1. The summed E-state index contributed by atoms with van der Waals surface area (Å²) in [5.74, 6) is -0.703. The molecule has 32 heavy (non-hydrogen) atoms. The summed E-state index contributed by atoms with van der Waals surface area (Å²) in [5.41, 5.74) is 1.16. The predicted molar refractivity (Wildman–Crippen MR) is 123 cm³/mol. The SMILES string of the molecule is C[C@H]1CC(c2ccccc2)=NN(C(=O)c2ccc(Cl)cc2)[C@@]12NS(=O)(=O)c1ccccc12. The lowest BCUT2D eigenvalue weighted by Gasteiger charge is -2.45. The molecule has 0 bridgehead atoms. The molecule has 1 amide bonds. The fourth-order valence-electron chi connectivity index (χ4n) is 4.47. The fraction of sp³-hybridized carbons (Fsp3) is 0.167. The number of amides is 1. The van der Waals surface area contributed by atoms with Crippen molar-refractivity contribution < 1.29 is 13.2 Å².